The maximum absolute atomic E-state index is 3.25. The maximum atomic E-state index is 3.25. The van der Waals surface area contributed by atoms with Crippen LogP contribution in [-0.2, 0) is 0 Å². The minimum atomic E-state index is 0. The summed E-state index contributed by atoms with van der Waals surface area (Å²) in [6.45, 7) is 0. The third kappa shape index (κ3) is 9.48. The fourth-order valence-electron chi connectivity index (χ4n) is 0. The molecule has 0 aliphatic rings. The Hall–Kier alpha value is 1.61. The number of hydrogen-bond acceptors (Lipinski definition) is 0. The molecule has 0 aromatic heterocycles. The third-order valence-corrected chi connectivity index (χ3v) is 0. The molecule has 0 bridgehead atoms. The Kier molecular flexibility index (Phi) is 101. The van der Waals surface area contributed by atoms with Crippen LogP contribution < -0.4 is 29.7 Å². The zero-order chi connectivity index (χ0) is 2.00. The first-order valence-electron chi connectivity index (χ1n) is 0.707. The summed E-state index contributed by atoms with van der Waals surface area (Å²) in [6.07, 6.45) is 0. The van der Waals surface area contributed by atoms with Crippen molar-refractivity contribution in [1.82, 2.24) is 0 Å². The van der Waals surface area contributed by atoms with E-state index in [1.165, 1.54) is 0 Å². The molecule has 0 rings (SSSR count). The second-order valence-electron chi connectivity index (χ2n) is 0. The fraction of sp³-hybridized carbons (Fsp3) is 1.00. The molecular formula is CH6INPb. The molecule has 4 radical (unpaired) electrons. The second-order valence-corrected chi connectivity index (χ2v) is 0. The van der Waals surface area contributed by atoms with E-state index in [-0.39, 0.29) is 51.3 Å². The van der Waals surface area contributed by atoms with Gasteiger partial charge in [-0.3, -0.25) is 0 Å². The van der Waals surface area contributed by atoms with E-state index in [4.69, 9.17) is 0 Å². The van der Waals surface area contributed by atoms with Gasteiger partial charge in [0, 0.05) is 27.3 Å². The third-order valence-electron chi connectivity index (χ3n) is 0. The molecule has 3 N–H and O–H groups in total. The van der Waals surface area contributed by atoms with Gasteiger partial charge in [0.1, 0.15) is 0 Å². The van der Waals surface area contributed by atoms with Crippen molar-refractivity contribution in [1.29, 1.82) is 0 Å². The van der Waals surface area contributed by atoms with Crippen molar-refractivity contribution in [3.05, 3.63) is 0 Å². The first kappa shape index (κ1) is 17.5. The van der Waals surface area contributed by atoms with Crippen LogP contribution in [0.3, 0.4) is 0 Å². The summed E-state index contributed by atoms with van der Waals surface area (Å²) in [6, 6.07) is 0. The van der Waals surface area contributed by atoms with Crippen LogP contribution >= 0.6 is 0 Å². The zero-order valence-corrected chi connectivity index (χ0v) is 8.63. The van der Waals surface area contributed by atoms with Gasteiger partial charge in [0.05, 0.1) is 7.05 Å². The van der Waals surface area contributed by atoms with Crippen LogP contribution in [0.1, 0.15) is 0 Å². The molecule has 0 spiro atoms. The van der Waals surface area contributed by atoms with Gasteiger partial charge in [0.25, 0.3) is 0 Å². The van der Waals surface area contributed by atoms with Gasteiger partial charge in [-0.05, 0) is 0 Å². The van der Waals surface area contributed by atoms with Gasteiger partial charge < -0.3 is 29.7 Å². The molecule has 26 valence electrons. The van der Waals surface area contributed by atoms with E-state index in [1.54, 1.807) is 7.05 Å². The van der Waals surface area contributed by atoms with Crippen LogP contribution in [0.4, 0.5) is 0 Å². The predicted molar refractivity (Wildman–Crippen MR) is 14.6 cm³/mol. The van der Waals surface area contributed by atoms with Gasteiger partial charge in [-0.25, -0.2) is 0 Å². The van der Waals surface area contributed by atoms with E-state index in [1.807, 2.05) is 0 Å². The Morgan fingerprint density at radius 3 is 1.25 bits per heavy atom. The quantitative estimate of drug-likeness (QED) is 0.331. The van der Waals surface area contributed by atoms with Crippen molar-refractivity contribution in [2.24, 2.45) is 0 Å². The number of rotatable bonds is 0. The number of quaternary nitrogens is 1. The number of hydrogen-bond donors (Lipinski definition) is 1. The molecule has 0 aliphatic heterocycles. The first-order chi connectivity index (χ1) is 1.00. The van der Waals surface area contributed by atoms with E-state index in [0.29, 0.717) is 0 Å². The van der Waals surface area contributed by atoms with Crippen molar-refractivity contribution < 1.29 is 29.7 Å². The molecule has 0 atom stereocenters. The SMILES string of the molecule is C[NH3+].[I-].[Pb]. The largest absolute Gasteiger partial charge is 1.00 e. The summed E-state index contributed by atoms with van der Waals surface area (Å²) < 4.78 is 0. The van der Waals surface area contributed by atoms with Crippen LogP contribution in [0.15, 0.2) is 0 Å². The number of halogens is 1. The molecule has 0 heterocycles. The standard InChI is InChI=1S/CH5N.HI.Pb/c1-2;;/h2H2,1H3;1H;. The smallest absolute Gasteiger partial charge is 0.0634 e. The van der Waals surface area contributed by atoms with Crippen molar-refractivity contribution in [2.75, 3.05) is 7.05 Å². The summed E-state index contributed by atoms with van der Waals surface area (Å²) in [5, 5.41) is 0. The minimum absolute atomic E-state index is 0. The predicted octanol–water partition coefficient (Wildman–Crippen LogP) is -4.52. The molecule has 0 unspecified atom stereocenters. The first-order valence-corrected chi connectivity index (χ1v) is 0.707. The summed E-state index contributed by atoms with van der Waals surface area (Å²) in [5.41, 5.74) is 3.25. The molecular weight excluding hydrogens is 360 g/mol. The van der Waals surface area contributed by atoms with Crippen LogP contribution in [-0.4, -0.2) is 34.3 Å². The zero-order valence-electron chi connectivity index (χ0n) is 2.59. The van der Waals surface area contributed by atoms with Crippen LogP contribution in [0, 0.1) is 0 Å². The Balaban J connectivity index is -0.00000000500. The normalized spacial score (nSPS) is 1.50. The van der Waals surface area contributed by atoms with Gasteiger partial charge >= 0.3 is 0 Å². The van der Waals surface area contributed by atoms with E-state index < -0.39 is 0 Å². The van der Waals surface area contributed by atoms with Crippen molar-refractivity contribution >= 4 is 27.3 Å². The topological polar surface area (TPSA) is 27.6 Å². The van der Waals surface area contributed by atoms with Crippen molar-refractivity contribution in [3.63, 3.8) is 0 Å². The summed E-state index contributed by atoms with van der Waals surface area (Å²) >= 11 is 0. The Labute approximate surface area is 63.5 Å². The van der Waals surface area contributed by atoms with Crippen LogP contribution in [0.5, 0.6) is 0 Å². The molecule has 1 nitrogen and oxygen atoms in total. The Bertz CT molecular complexity index is 8.00. The average Bonchev–Trinajstić information content (AvgIpc) is 1.00. The summed E-state index contributed by atoms with van der Waals surface area (Å²) in [7, 11) is 1.75. The summed E-state index contributed by atoms with van der Waals surface area (Å²) in [5.74, 6) is 0. The van der Waals surface area contributed by atoms with Gasteiger partial charge in [-0.2, -0.15) is 0 Å². The van der Waals surface area contributed by atoms with Crippen LogP contribution in [0.25, 0.3) is 0 Å². The molecule has 0 aliphatic carbocycles. The van der Waals surface area contributed by atoms with E-state index in [2.05, 4.69) is 5.73 Å². The minimum Gasteiger partial charge on any atom is -1.00 e. The maximum Gasteiger partial charge on any atom is 0.0634 e. The average molecular weight is 366 g/mol. The molecule has 0 fully saturated rings. The van der Waals surface area contributed by atoms with Crippen molar-refractivity contribution in [2.45, 2.75) is 0 Å². The van der Waals surface area contributed by atoms with Crippen molar-refractivity contribution in [3.8, 4) is 0 Å². The molecule has 0 saturated carbocycles. The van der Waals surface area contributed by atoms with Gasteiger partial charge in [-0.15, -0.1) is 0 Å². The van der Waals surface area contributed by atoms with Crippen LogP contribution in [0.2, 0.25) is 0 Å². The van der Waals surface area contributed by atoms with E-state index >= 15 is 0 Å². The molecule has 4 heavy (non-hydrogen) atoms. The van der Waals surface area contributed by atoms with E-state index in [9.17, 15) is 0 Å². The van der Waals surface area contributed by atoms with Gasteiger partial charge in [0.15, 0.2) is 0 Å². The molecule has 0 amide bonds. The van der Waals surface area contributed by atoms with Gasteiger partial charge in [-0.1, -0.05) is 0 Å². The Morgan fingerprint density at radius 2 is 1.25 bits per heavy atom. The fourth-order valence-corrected chi connectivity index (χ4v) is 0. The van der Waals surface area contributed by atoms with E-state index in [0.717, 1.165) is 0 Å². The summed E-state index contributed by atoms with van der Waals surface area (Å²) in [4.78, 5) is 0. The van der Waals surface area contributed by atoms with Gasteiger partial charge in [0.2, 0.25) is 0 Å². The Morgan fingerprint density at radius 1 is 1.25 bits per heavy atom. The molecule has 0 saturated heterocycles. The second kappa shape index (κ2) is 23.2. The molecule has 0 aromatic rings. The monoisotopic (exact) mass is 367 g/mol. The molecule has 3 heteroatoms. The molecule has 0 aromatic carbocycles.